The minimum atomic E-state index is -4.67. The Kier molecular flexibility index (Phi) is 9.65. The monoisotopic (exact) mass is 557 g/mol. The lowest BCUT2D eigenvalue weighted by Gasteiger charge is -2.14. The maximum atomic E-state index is 12.2. The van der Waals surface area contributed by atoms with Crippen LogP contribution in [0.25, 0.3) is 11.0 Å². The summed E-state index contributed by atoms with van der Waals surface area (Å²) in [7, 11) is -4.67. The van der Waals surface area contributed by atoms with Crippen molar-refractivity contribution in [2.24, 2.45) is 10.7 Å². The lowest BCUT2D eigenvalue weighted by Crippen LogP contribution is -2.45. The number of fused-ring (bicyclic) bond motifs is 1. The molecule has 206 valence electrons. The average molecular weight is 557 g/mol. The van der Waals surface area contributed by atoms with E-state index in [9.17, 15) is 47.4 Å². The lowest BCUT2D eigenvalue weighted by molar-refractivity contribution is -0.525. The molecule has 2 rings (SSSR count). The van der Waals surface area contributed by atoms with E-state index in [2.05, 4.69) is 15.6 Å². The third kappa shape index (κ3) is 8.71. The van der Waals surface area contributed by atoms with Crippen LogP contribution in [-0.4, -0.2) is 66.0 Å². The van der Waals surface area contributed by atoms with Crippen molar-refractivity contribution in [2.75, 3.05) is 18.8 Å². The molecule has 2 aromatic rings. The summed E-state index contributed by atoms with van der Waals surface area (Å²) < 4.78 is 37.2. The zero-order valence-electron chi connectivity index (χ0n) is 19.4. The summed E-state index contributed by atoms with van der Waals surface area (Å²) in [4.78, 5) is 61.1. The second-order valence-electron chi connectivity index (χ2n) is 7.65. The van der Waals surface area contributed by atoms with Crippen LogP contribution < -0.4 is 33.2 Å². The van der Waals surface area contributed by atoms with Gasteiger partial charge in [-0.15, -0.1) is 0 Å². The Hall–Kier alpha value is -4.78. The minimum Gasteiger partial charge on any atom is -0.480 e. The van der Waals surface area contributed by atoms with Crippen molar-refractivity contribution in [3.8, 4) is 0 Å². The van der Waals surface area contributed by atoms with Crippen LogP contribution in [0, 0.1) is 10.1 Å². The largest absolute Gasteiger partial charge is 0.480 e. The second kappa shape index (κ2) is 12.5. The van der Waals surface area contributed by atoms with E-state index in [4.69, 9.17) is 15.9 Å². The van der Waals surface area contributed by atoms with Gasteiger partial charge in [0.25, 0.3) is 16.1 Å². The molecule has 19 heteroatoms. The molecule has 0 bridgehead atoms. The zero-order valence-corrected chi connectivity index (χ0v) is 20.2. The van der Waals surface area contributed by atoms with Gasteiger partial charge in [0, 0.05) is 23.6 Å². The Morgan fingerprint density at radius 3 is 2.50 bits per heavy atom. The summed E-state index contributed by atoms with van der Waals surface area (Å²) in [6.07, 6.45) is -0.568. The lowest BCUT2D eigenvalue weighted by atomic mass is 10.1. The zero-order chi connectivity index (χ0) is 28.6. The van der Waals surface area contributed by atoms with E-state index in [1.807, 2.05) is 0 Å². The van der Waals surface area contributed by atoms with Gasteiger partial charge < -0.3 is 31.6 Å². The Morgan fingerprint density at radius 1 is 1.21 bits per heavy atom. The number of carbonyl (C=O) groups excluding carboxylic acids is 2. The fourth-order valence-electron chi connectivity index (χ4n) is 3.09. The number of carbonyl (C=O) groups is 3. The van der Waals surface area contributed by atoms with Crippen molar-refractivity contribution in [3.63, 3.8) is 0 Å². The Balaban J connectivity index is 1.96. The standard InChI is InChI=1S/C19H23N7O11S/c20-11-7-13-9(5-14(11)38(34,35)36)4-10(18(31)37-13)6-15(27)23-8-16(28)24-12(17(29)30)2-1-3-22-19(21)25-26(32)33/h4-5,7,12H,1-3,6,8,20H2,(H,23,27)(H,24,28)(H,29,30)(H3,21,22,25)(H,34,35,36). The second-order valence-corrected chi connectivity index (χ2v) is 9.04. The Labute approximate surface area is 212 Å². The number of nitrogens with zero attached hydrogens (tertiary/aromatic N) is 2. The first-order valence-corrected chi connectivity index (χ1v) is 11.9. The first-order chi connectivity index (χ1) is 17.7. The molecule has 9 N–H and O–H groups in total. The average Bonchev–Trinajstić information content (AvgIpc) is 2.78. The first-order valence-electron chi connectivity index (χ1n) is 10.5. The molecule has 1 aromatic carbocycles. The molecule has 0 aliphatic heterocycles. The number of nitrogens with two attached hydrogens (primary N) is 2. The van der Waals surface area contributed by atoms with Gasteiger partial charge in [0.2, 0.25) is 11.8 Å². The summed E-state index contributed by atoms with van der Waals surface area (Å²) >= 11 is 0. The van der Waals surface area contributed by atoms with Crippen molar-refractivity contribution in [1.82, 2.24) is 16.1 Å². The fourth-order valence-corrected chi connectivity index (χ4v) is 3.72. The highest BCUT2D eigenvalue weighted by atomic mass is 32.2. The van der Waals surface area contributed by atoms with E-state index in [0.29, 0.717) is 0 Å². The van der Waals surface area contributed by atoms with Crippen molar-refractivity contribution >= 4 is 50.5 Å². The fraction of sp³-hybridized carbons (Fsp3) is 0.316. The van der Waals surface area contributed by atoms with Crippen LogP contribution in [-0.2, 0) is 30.9 Å². The van der Waals surface area contributed by atoms with Crippen LogP contribution in [0.4, 0.5) is 5.69 Å². The molecule has 0 saturated heterocycles. The normalized spacial score (nSPS) is 12.5. The molecule has 0 saturated carbocycles. The van der Waals surface area contributed by atoms with Gasteiger partial charge in [-0.2, -0.15) is 8.42 Å². The number of benzene rings is 1. The Bertz CT molecular complexity index is 1450. The van der Waals surface area contributed by atoms with Crippen LogP contribution >= 0.6 is 0 Å². The maximum Gasteiger partial charge on any atom is 0.339 e. The Morgan fingerprint density at radius 2 is 1.89 bits per heavy atom. The van der Waals surface area contributed by atoms with Gasteiger partial charge in [0.05, 0.1) is 18.7 Å². The highest BCUT2D eigenvalue weighted by Gasteiger charge is 2.21. The number of carboxylic acids is 1. The van der Waals surface area contributed by atoms with Crippen LogP contribution in [0.2, 0.25) is 0 Å². The highest BCUT2D eigenvalue weighted by molar-refractivity contribution is 7.86. The van der Waals surface area contributed by atoms with E-state index in [1.54, 1.807) is 5.43 Å². The minimum absolute atomic E-state index is 0.0523. The molecule has 1 atom stereocenters. The van der Waals surface area contributed by atoms with E-state index < -0.39 is 68.4 Å². The van der Waals surface area contributed by atoms with Crippen molar-refractivity contribution in [2.45, 2.75) is 30.2 Å². The van der Waals surface area contributed by atoms with E-state index in [0.717, 1.165) is 18.2 Å². The molecule has 18 nitrogen and oxygen atoms in total. The number of hydrogen-bond acceptors (Lipinski definition) is 11. The molecule has 0 aliphatic carbocycles. The van der Waals surface area contributed by atoms with Crippen LogP contribution in [0.15, 0.2) is 37.3 Å². The van der Waals surface area contributed by atoms with Crippen molar-refractivity contribution < 1.29 is 41.9 Å². The van der Waals surface area contributed by atoms with E-state index in [-0.39, 0.29) is 41.6 Å². The van der Waals surface area contributed by atoms with Crippen molar-refractivity contribution in [3.05, 3.63) is 44.3 Å². The van der Waals surface area contributed by atoms with Crippen LogP contribution in [0.3, 0.4) is 0 Å². The summed E-state index contributed by atoms with van der Waals surface area (Å²) in [6.45, 7) is -0.696. The maximum absolute atomic E-state index is 12.2. The molecular formula is C19H23N7O11S. The number of nitrogen functional groups attached to an aromatic ring is 1. The first kappa shape index (κ1) is 29.5. The van der Waals surface area contributed by atoms with E-state index in [1.165, 1.54) is 0 Å². The molecule has 0 radical (unpaired) electrons. The molecule has 38 heavy (non-hydrogen) atoms. The number of nitrogens with one attached hydrogen (secondary N) is 3. The number of carboxylic acid groups (broad SMARTS) is 1. The van der Waals surface area contributed by atoms with Gasteiger partial charge in [0.15, 0.2) is 5.03 Å². The number of aliphatic carboxylic acids is 1. The summed E-state index contributed by atoms with van der Waals surface area (Å²) in [6, 6.07) is 1.79. The third-order valence-electron chi connectivity index (χ3n) is 4.78. The quantitative estimate of drug-likeness (QED) is 0.0211. The van der Waals surface area contributed by atoms with Crippen LogP contribution in [0.5, 0.6) is 0 Å². The molecule has 1 aromatic heterocycles. The molecule has 1 heterocycles. The number of amides is 2. The van der Waals surface area contributed by atoms with Gasteiger partial charge in [0.1, 0.15) is 16.5 Å². The number of hydrazine groups is 1. The van der Waals surface area contributed by atoms with Crippen molar-refractivity contribution in [1.29, 1.82) is 0 Å². The van der Waals surface area contributed by atoms with Gasteiger partial charge in [-0.05, 0) is 25.0 Å². The topological polar surface area (TPSA) is 300 Å². The number of nitro groups is 1. The molecule has 0 aliphatic rings. The van der Waals surface area contributed by atoms with Gasteiger partial charge >= 0.3 is 11.6 Å². The molecule has 1 unspecified atom stereocenters. The molecule has 2 amide bonds. The number of guanidine groups is 1. The number of hydrogen-bond donors (Lipinski definition) is 7. The summed E-state index contributed by atoms with van der Waals surface area (Å²) in [5.74, 6) is -3.52. The van der Waals surface area contributed by atoms with Gasteiger partial charge in [-0.1, -0.05) is 5.43 Å². The summed E-state index contributed by atoms with van der Waals surface area (Å²) in [5.41, 5.74) is 10.8. The number of aliphatic imine (C=N–C) groups is 1. The van der Waals surface area contributed by atoms with Crippen LogP contribution in [0.1, 0.15) is 18.4 Å². The predicted molar refractivity (Wildman–Crippen MR) is 129 cm³/mol. The van der Waals surface area contributed by atoms with Gasteiger partial charge in [-0.3, -0.25) is 14.1 Å². The van der Waals surface area contributed by atoms with E-state index >= 15 is 0 Å². The highest BCUT2D eigenvalue weighted by Crippen LogP contribution is 2.25. The van der Waals surface area contributed by atoms with Gasteiger partial charge in [-0.25, -0.2) is 24.7 Å². The number of anilines is 1. The molecule has 0 fully saturated rings. The third-order valence-corrected chi connectivity index (χ3v) is 5.69. The molecule has 0 spiro atoms. The number of rotatable bonds is 12. The smallest absolute Gasteiger partial charge is 0.339 e. The molecular weight excluding hydrogens is 534 g/mol. The SMILES string of the molecule is NC(=NCCCC(NC(=O)CNC(=O)Cc1cc2cc(S(=O)(=O)O)c(N)cc2oc1=O)C(=O)O)N[N+](=O)[O-]. The summed E-state index contributed by atoms with van der Waals surface area (Å²) in [5, 5.41) is 23.0. The predicted octanol–water partition coefficient (Wildman–Crippen LogP) is -2.27.